The lowest BCUT2D eigenvalue weighted by molar-refractivity contribution is 0.200. The fourth-order valence-corrected chi connectivity index (χ4v) is 2.98. The summed E-state index contributed by atoms with van der Waals surface area (Å²) in [6.45, 7) is 5.66. The molecule has 4 heteroatoms. The largest absolute Gasteiger partial charge is 0.339 e. The fourth-order valence-electron chi connectivity index (χ4n) is 2.98. The lowest BCUT2D eigenvalue weighted by atomic mass is 9.95. The second kappa shape index (κ2) is 5.71. The normalized spacial score (nSPS) is 31.9. The third kappa shape index (κ3) is 3.12. The first-order chi connectivity index (χ1) is 8.20. The maximum Gasteiger partial charge on any atom is 0.208 e. The molecule has 98 valence electrons. The minimum atomic E-state index is 0.491. The van der Waals surface area contributed by atoms with Gasteiger partial charge in [0, 0.05) is 12.6 Å². The van der Waals surface area contributed by atoms with Crippen LogP contribution in [0.2, 0.25) is 0 Å². The van der Waals surface area contributed by atoms with Gasteiger partial charge >= 0.3 is 0 Å². The minimum Gasteiger partial charge on any atom is -0.339 e. The van der Waals surface area contributed by atoms with E-state index in [1.54, 1.807) is 0 Å². The highest BCUT2D eigenvalue weighted by Gasteiger charge is 2.26. The van der Waals surface area contributed by atoms with Crippen LogP contribution in [-0.2, 0) is 0 Å². The molecule has 2 rings (SSSR count). The van der Waals surface area contributed by atoms with E-state index in [4.69, 9.17) is 10.8 Å². The molecule has 2 fully saturated rings. The summed E-state index contributed by atoms with van der Waals surface area (Å²) in [6, 6.07) is 1.05. The molecule has 3 N–H and O–H groups in total. The standard InChI is InChI=1S/C13H26N4/c1-10-7-8-11(2)17(9-10)13(16-14)15-12-5-3-4-6-12/h10-12H,3-9,14H2,1-2H3,(H,15,16). The summed E-state index contributed by atoms with van der Waals surface area (Å²) in [7, 11) is 0. The van der Waals surface area contributed by atoms with Crippen molar-refractivity contribution >= 4 is 5.96 Å². The third-order valence-electron chi connectivity index (χ3n) is 4.15. The molecule has 2 atom stereocenters. The van der Waals surface area contributed by atoms with Gasteiger partial charge in [0.1, 0.15) is 0 Å². The second-order valence-corrected chi connectivity index (χ2v) is 5.72. The zero-order valence-corrected chi connectivity index (χ0v) is 11.2. The molecule has 0 spiro atoms. The van der Waals surface area contributed by atoms with Gasteiger partial charge in [-0.3, -0.25) is 5.43 Å². The van der Waals surface area contributed by atoms with E-state index in [1.807, 2.05) is 0 Å². The monoisotopic (exact) mass is 238 g/mol. The van der Waals surface area contributed by atoms with Crippen LogP contribution in [0.4, 0.5) is 0 Å². The predicted octanol–water partition coefficient (Wildman–Crippen LogP) is 1.87. The Hall–Kier alpha value is -0.770. The number of nitrogens with one attached hydrogen (secondary N) is 1. The van der Waals surface area contributed by atoms with Crippen LogP contribution >= 0.6 is 0 Å². The summed E-state index contributed by atoms with van der Waals surface area (Å²) in [5.41, 5.74) is 2.83. The molecule has 4 nitrogen and oxygen atoms in total. The summed E-state index contributed by atoms with van der Waals surface area (Å²) in [6.07, 6.45) is 7.65. The topological polar surface area (TPSA) is 53.6 Å². The molecule has 1 saturated carbocycles. The molecule has 1 aliphatic heterocycles. The average molecular weight is 238 g/mol. The molecular formula is C13H26N4. The SMILES string of the molecule is CC1CCC(C)N(C(=NC2CCCC2)NN)C1. The summed E-state index contributed by atoms with van der Waals surface area (Å²) < 4.78 is 0. The smallest absolute Gasteiger partial charge is 0.208 e. The van der Waals surface area contributed by atoms with Crippen LogP contribution in [0.25, 0.3) is 0 Å². The Kier molecular flexibility index (Phi) is 4.26. The Morgan fingerprint density at radius 3 is 2.53 bits per heavy atom. The first kappa shape index (κ1) is 12.7. The molecule has 0 radical (unpaired) electrons. The van der Waals surface area contributed by atoms with Gasteiger partial charge in [-0.2, -0.15) is 0 Å². The molecule has 0 aromatic heterocycles. The van der Waals surface area contributed by atoms with Crippen molar-refractivity contribution in [1.82, 2.24) is 10.3 Å². The number of rotatable bonds is 1. The van der Waals surface area contributed by atoms with E-state index < -0.39 is 0 Å². The van der Waals surface area contributed by atoms with E-state index in [9.17, 15) is 0 Å². The molecule has 2 aliphatic rings. The van der Waals surface area contributed by atoms with E-state index in [2.05, 4.69) is 24.2 Å². The third-order valence-corrected chi connectivity index (χ3v) is 4.15. The van der Waals surface area contributed by atoms with E-state index in [0.717, 1.165) is 18.4 Å². The molecule has 0 aromatic rings. The van der Waals surface area contributed by atoms with Crippen LogP contribution in [0.5, 0.6) is 0 Å². The molecule has 17 heavy (non-hydrogen) atoms. The van der Waals surface area contributed by atoms with E-state index in [1.165, 1.54) is 38.5 Å². The Bertz CT molecular complexity index is 271. The number of nitrogens with two attached hydrogens (primary N) is 1. The zero-order valence-electron chi connectivity index (χ0n) is 11.2. The van der Waals surface area contributed by atoms with Crippen LogP contribution in [0, 0.1) is 5.92 Å². The van der Waals surface area contributed by atoms with Crippen molar-refractivity contribution in [3.05, 3.63) is 0 Å². The van der Waals surface area contributed by atoms with Crippen molar-refractivity contribution < 1.29 is 0 Å². The Labute approximate surface area is 105 Å². The molecule has 0 amide bonds. The molecule has 1 aliphatic carbocycles. The molecule has 1 saturated heterocycles. The number of hydrogen-bond donors (Lipinski definition) is 2. The second-order valence-electron chi connectivity index (χ2n) is 5.72. The lowest BCUT2D eigenvalue weighted by Crippen LogP contribution is -2.52. The van der Waals surface area contributed by atoms with E-state index in [0.29, 0.717) is 12.1 Å². The average Bonchev–Trinajstić information content (AvgIpc) is 2.82. The van der Waals surface area contributed by atoms with Gasteiger partial charge in [0.25, 0.3) is 0 Å². The Morgan fingerprint density at radius 2 is 1.88 bits per heavy atom. The summed E-state index contributed by atoms with van der Waals surface area (Å²) in [4.78, 5) is 7.16. The number of likely N-dealkylation sites (tertiary alicyclic amines) is 1. The maximum atomic E-state index is 5.67. The van der Waals surface area contributed by atoms with Crippen molar-refractivity contribution in [2.45, 2.75) is 64.5 Å². The van der Waals surface area contributed by atoms with Crippen LogP contribution in [0.3, 0.4) is 0 Å². The number of piperidine rings is 1. The highest BCUT2D eigenvalue weighted by atomic mass is 15.4. The van der Waals surface area contributed by atoms with Gasteiger partial charge in [-0.15, -0.1) is 0 Å². The minimum absolute atomic E-state index is 0.491. The number of nitrogens with zero attached hydrogens (tertiary/aromatic N) is 2. The number of hydrogen-bond acceptors (Lipinski definition) is 2. The highest BCUT2D eigenvalue weighted by molar-refractivity contribution is 5.80. The van der Waals surface area contributed by atoms with Gasteiger partial charge in [0.15, 0.2) is 0 Å². The zero-order chi connectivity index (χ0) is 12.3. The maximum absolute atomic E-state index is 5.67. The van der Waals surface area contributed by atoms with Crippen molar-refractivity contribution in [1.29, 1.82) is 0 Å². The van der Waals surface area contributed by atoms with Crippen molar-refractivity contribution in [3.8, 4) is 0 Å². The van der Waals surface area contributed by atoms with Crippen molar-refractivity contribution in [3.63, 3.8) is 0 Å². The number of hydrazine groups is 1. The predicted molar refractivity (Wildman–Crippen MR) is 71.6 cm³/mol. The number of aliphatic imine (C=N–C) groups is 1. The van der Waals surface area contributed by atoms with Crippen molar-refractivity contribution in [2.24, 2.45) is 16.8 Å². The van der Waals surface area contributed by atoms with Crippen LogP contribution in [0.1, 0.15) is 52.4 Å². The van der Waals surface area contributed by atoms with E-state index >= 15 is 0 Å². The van der Waals surface area contributed by atoms with Crippen LogP contribution in [0.15, 0.2) is 4.99 Å². The summed E-state index contributed by atoms with van der Waals surface area (Å²) in [5, 5.41) is 0. The highest BCUT2D eigenvalue weighted by Crippen LogP contribution is 2.24. The fraction of sp³-hybridized carbons (Fsp3) is 0.923. The molecule has 0 aromatic carbocycles. The van der Waals surface area contributed by atoms with Gasteiger partial charge in [0.2, 0.25) is 5.96 Å². The number of guanidine groups is 1. The molecule has 1 heterocycles. The van der Waals surface area contributed by atoms with Crippen molar-refractivity contribution in [2.75, 3.05) is 6.54 Å². The van der Waals surface area contributed by atoms with Crippen LogP contribution < -0.4 is 11.3 Å². The molecule has 2 unspecified atom stereocenters. The van der Waals surface area contributed by atoms with Gasteiger partial charge < -0.3 is 4.90 Å². The van der Waals surface area contributed by atoms with Crippen LogP contribution in [-0.4, -0.2) is 29.5 Å². The quantitative estimate of drug-likeness (QED) is 0.317. The van der Waals surface area contributed by atoms with E-state index in [-0.39, 0.29) is 0 Å². The first-order valence-corrected chi connectivity index (χ1v) is 7.01. The lowest BCUT2D eigenvalue weighted by Gasteiger charge is -2.38. The Morgan fingerprint density at radius 1 is 1.18 bits per heavy atom. The van der Waals surface area contributed by atoms with Gasteiger partial charge in [-0.1, -0.05) is 19.8 Å². The molecular weight excluding hydrogens is 212 g/mol. The Balaban J connectivity index is 2.04. The van der Waals surface area contributed by atoms with Gasteiger partial charge in [0.05, 0.1) is 6.04 Å². The summed E-state index contributed by atoms with van der Waals surface area (Å²) in [5.74, 6) is 7.32. The first-order valence-electron chi connectivity index (χ1n) is 7.01. The molecule has 0 bridgehead atoms. The van der Waals surface area contributed by atoms with Gasteiger partial charge in [-0.05, 0) is 38.5 Å². The van der Waals surface area contributed by atoms with Gasteiger partial charge in [-0.25, -0.2) is 10.8 Å². The summed E-state index contributed by atoms with van der Waals surface area (Å²) >= 11 is 0.